The average molecular weight is 269 g/mol. The fourth-order valence-corrected chi connectivity index (χ4v) is 1.98. The van der Waals surface area contributed by atoms with Crippen molar-refractivity contribution in [2.75, 3.05) is 0 Å². The van der Waals surface area contributed by atoms with Crippen LogP contribution in [0.3, 0.4) is 0 Å². The number of hydrogen-bond donors (Lipinski definition) is 1. The summed E-state index contributed by atoms with van der Waals surface area (Å²) >= 11 is 12.1. The molecule has 1 heterocycles. The van der Waals surface area contributed by atoms with E-state index in [1.807, 2.05) is 0 Å². The number of nitrogens with zero attached hydrogens (tertiary/aromatic N) is 1. The minimum atomic E-state index is -0.163. The monoisotopic (exact) mass is 268 g/mol. The maximum atomic E-state index is 11.7. The highest BCUT2D eigenvalue weighted by Crippen LogP contribution is 2.32. The van der Waals surface area contributed by atoms with E-state index in [4.69, 9.17) is 23.2 Å². The third kappa shape index (κ3) is 2.21. The SMILES string of the molecule is Cc1nc(-c2cccc(Cl)c2Cl)c(C)c(=O)[nH]1. The molecule has 0 radical (unpaired) electrons. The summed E-state index contributed by atoms with van der Waals surface area (Å²) in [4.78, 5) is 18.6. The largest absolute Gasteiger partial charge is 0.311 e. The molecule has 0 aliphatic rings. The molecule has 0 atom stereocenters. The molecule has 0 spiro atoms. The van der Waals surface area contributed by atoms with E-state index in [9.17, 15) is 4.79 Å². The first-order valence-corrected chi connectivity index (χ1v) is 5.78. The van der Waals surface area contributed by atoms with Crippen LogP contribution in [0.5, 0.6) is 0 Å². The molecule has 0 aliphatic carbocycles. The molecule has 5 heteroatoms. The fourth-order valence-electron chi connectivity index (χ4n) is 1.59. The molecule has 2 aromatic rings. The normalized spacial score (nSPS) is 10.6. The third-order valence-corrected chi connectivity index (χ3v) is 3.30. The van der Waals surface area contributed by atoms with Crippen LogP contribution in [0.15, 0.2) is 23.0 Å². The van der Waals surface area contributed by atoms with Crippen molar-refractivity contribution in [3.05, 3.63) is 50.0 Å². The fraction of sp³-hybridized carbons (Fsp3) is 0.167. The molecule has 2 rings (SSSR count). The molecule has 1 N–H and O–H groups in total. The summed E-state index contributed by atoms with van der Waals surface area (Å²) in [6.07, 6.45) is 0. The number of aromatic nitrogens is 2. The van der Waals surface area contributed by atoms with E-state index in [0.29, 0.717) is 32.7 Å². The van der Waals surface area contributed by atoms with Crippen LogP contribution in [0, 0.1) is 13.8 Å². The average Bonchev–Trinajstić information content (AvgIpc) is 2.27. The van der Waals surface area contributed by atoms with Crippen molar-refractivity contribution in [1.82, 2.24) is 9.97 Å². The van der Waals surface area contributed by atoms with Crippen molar-refractivity contribution in [3.8, 4) is 11.3 Å². The van der Waals surface area contributed by atoms with Gasteiger partial charge >= 0.3 is 0 Å². The Labute approximate surface area is 108 Å². The van der Waals surface area contributed by atoms with Gasteiger partial charge in [0.2, 0.25) is 0 Å². The Morgan fingerprint density at radius 1 is 1.24 bits per heavy atom. The second kappa shape index (κ2) is 4.51. The van der Waals surface area contributed by atoms with E-state index in [-0.39, 0.29) is 5.56 Å². The molecule has 0 bridgehead atoms. The van der Waals surface area contributed by atoms with Crippen molar-refractivity contribution < 1.29 is 0 Å². The Morgan fingerprint density at radius 2 is 1.94 bits per heavy atom. The first-order chi connectivity index (χ1) is 8.00. The lowest BCUT2D eigenvalue weighted by molar-refractivity contribution is 0.999. The molecule has 17 heavy (non-hydrogen) atoms. The van der Waals surface area contributed by atoms with Gasteiger partial charge in [-0.3, -0.25) is 4.79 Å². The van der Waals surface area contributed by atoms with Crippen LogP contribution in [-0.4, -0.2) is 9.97 Å². The van der Waals surface area contributed by atoms with Gasteiger partial charge in [-0.1, -0.05) is 35.3 Å². The van der Waals surface area contributed by atoms with Crippen molar-refractivity contribution in [3.63, 3.8) is 0 Å². The topological polar surface area (TPSA) is 45.8 Å². The van der Waals surface area contributed by atoms with Crippen LogP contribution >= 0.6 is 23.2 Å². The molecule has 1 aromatic heterocycles. The maximum absolute atomic E-state index is 11.7. The van der Waals surface area contributed by atoms with Gasteiger partial charge in [-0.2, -0.15) is 0 Å². The highest BCUT2D eigenvalue weighted by molar-refractivity contribution is 6.43. The van der Waals surface area contributed by atoms with Crippen LogP contribution in [-0.2, 0) is 0 Å². The zero-order valence-electron chi connectivity index (χ0n) is 9.34. The van der Waals surface area contributed by atoms with E-state index in [2.05, 4.69) is 9.97 Å². The van der Waals surface area contributed by atoms with E-state index in [1.165, 1.54) is 0 Å². The lowest BCUT2D eigenvalue weighted by Gasteiger charge is -2.08. The van der Waals surface area contributed by atoms with Crippen LogP contribution < -0.4 is 5.56 Å². The molecule has 0 saturated carbocycles. The Bertz CT molecular complexity index is 635. The van der Waals surface area contributed by atoms with Crippen molar-refractivity contribution in [1.29, 1.82) is 0 Å². The molecule has 3 nitrogen and oxygen atoms in total. The van der Waals surface area contributed by atoms with Crippen molar-refractivity contribution in [2.24, 2.45) is 0 Å². The van der Waals surface area contributed by atoms with Gasteiger partial charge in [-0.25, -0.2) is 4.98 Å². The zero-order chi connectivity index (χ0) is 12.6. The van der Waals surface area contributed by atoms with Gasteiger partial charge in [0.05, 0.1) is 15.7 Å². The zero-order valence-corrected chi connectivity index (χ0v) is 10.9. The van der Waals surface area contributed by atoms with E-state index >= 15 is 0 Å². The minimum Gasteiger partial charge on any atom is -0.311 e. The summed E-state index contributed by atoms with van der Waals surface area (Å²) in [5, 5.41) is 0.859. The highest BCUT2D eigenvalue weighted by atomic mass is 35.5. The molecular formula is C12H10Cl2N2O. The Kier molecular flexibility index (Phi) is 3.22. The predicted octanol–water partition coefficient (Wildman–Crippen LogP) is 3.36. The molecule has 0 unspecified atom stereocenters. The summed E-state index contributed by atoms with van der Waals surface area (Å²) in [7, 11) is 0. The van der Waals surface area contributed by atoms with Gasteiger partial charge in [0.15, 0.2) is 0 Å². The van der Waals surface area contributed by atoms with Gasteiger partial charge in [-0.15, -0.1) is 0 Å². The first-order valence-electron chi connectivity index (χ1n) is 5.02. The molecule has 88 valence electrons. The van der Waals surface area contributed by atoms with Gasteiger partial charge in [0.1, 0.15) is 5.82 Å². The molecule has 0 saturated heterocycles. The summed E-state index contributed by atoms with van der Waals surface area (Å²) in [5.74, 6) is 0.548. The summed E-state index contributed by atoms with van der Waals surface area (Å²) < 4.78 is 0. The molecule has 0 amide bonds. The smallest absolute Gasteiger partial charge is 0.254 e. The number of aryl methyl sites for hydroxylation is 1. The van der Waals surface area contributed by atoms with Crippen molar-refractivity contribution >= 4 is 23.2 Å². The van der Waals surface area contributed by atoms with E-state index in [1.54, 1.807) is 32.0 Å². The van der Waals surface area contributed by atoms with E-state index in [0.717, 1.165) is 0 Å². The first kappa shape index (κ1) is 12.1. The molecule has 0 aliphatic heterocycles. The molecule has 1 aromatic carbocycles. The van der Waals surface area contributed by atoms with Gasteiger partial charge < -0.3 is 4.98 Å². The number of H-pyrrole nitrogens is 1. The van der Waals surface area contributed by atoms with Gasteiger partial charge in [0, 0.05) is 11.1 Å². The Hall–Kier alpha value is -1.32. The van der Waals surface area contributed by atoms with Crippen LogP contribution in [0.4, 0.5) is 0 Å². The van der Waals surface area contributed by atoms with Gasteiger partial charge in [-0.05, 0) is 19.9 Å². The second-order valence-electron chi connectivity index (χ2n) is 3.73. The Morgan fingerprint density at radius 3 is 2.65 bits per heavy atom. The lowest BCUT2D eigenvalue weighted by atomic mass is 10.1. The third-order valence-electron chi connectivity index (χ3n) is 2.48. The van der Waals surface area contributed by atoms with Crippen molar-refractivity contribution in [2.45, 2.75) is 13.8 Å². The van der Waals surface area contributed by atoms with E-state index < -0.39 is 0 Å². The quantitative estimate of drug-likeness (QED) is 0.862. The summed E-state index contributed by atoms with van der Waals surface area (Å²) in [5.41, 5.74) is 1.60. The number of rotatable bonds is 1. The predicted molar refractivity (Wildman–Crippen MR) is 69.8 cm³/mol. The molecule has 0 fully saturated rings. The van der Waals surface area contributed by atoms with Crippen LogP contribution in [0.25, 0.3) is 11.3 Å². The molecular weight excluding hydrogens is 259 g/mol. The van der Waals surface area contributed by atoms with Gasteiger partial charge in [0.25, 0.3) is 5.56 Å². The van der Waals surface area contributed by atoms with Crippen LogP contribution in [0.1, 0.15) is 11.4 Å². The number of halogens is 2. The Balaban J connectivity index is 2.77. The summed E-state index contributed by atoms with van der Waals surface area (Å²) in [6.45, 7) is 3.43. The second-order valence-corrected chi connectivity index (χ2v) is 4.51. The maximum Gasteiger partial charge on any atom is 0.254 e. The lowest BCUT2D eigenvalue weighted by Crippen LogP contribution is -2.14. The number of benzene rings is 1. The summed E-state index contributed by atoms with van der Waals surface area (Å²) in [6, 6.07) is 5.27. The number of nitrogens with one attached hydrogen (secondary N) is 1. The number of aromatic amines is 1. The van der Waals surface area contributed by atoms with Crippen LogP contribution in [0.2, 0.25) is 10.0 Å². The minimum absolute atomic E-state index is 0.163. The highest BCUT2D eigenvalue weighted by Gasteiger charge is 2.13. The standard InChI is InChI=1S/C12H10Cl2N2O/c1-6-11(15-7(2)16-12(6)17)8-4-3-5-9(13)10(8)14/h3-5H,1-2H3,(H,15,16,17). The number of hydrogen-bond acceptors (Lipinski definition) is 2.